The molecule has 35 heavy (non-hydrogen) atoms. The maximum atomic E-state index is 13.3. The monoisotopic (exact) mass is 515 g/mol. The zero-order chi connectivity index (χ0) is 24.8. The highest BCUT2D eigenvalue weighted by Crippen LogP contribution is 2.33. The molecule has 3 aromatic carbocycles. The van der Waals surface area contributed by atoms with E-state index in [9.17, 15) is 17.9 Å². The molecule has 0 saturated heterocycles. The van der Waals surface area contributed by atoms with Gasteiger partial charge < -0.3 is 15.2 Å². The first-order valence-electron chi connectivity index (χ1n) is 10.8. The van der Waals surface area contributed by atoms with Crippen LogP contribution >= 0.6 is 11.6 Å². The first-order chi connectivity index (χ1) is 16.8. The van der Waals surface area contributed by atoms with E-state index < -0.39 is 10.0 Å². The van der Waals surface area contributed by atoms with Gasteiger partial charge in [-0.15, -0.1) is 0 Å². The molecule has 0 aliphatic carbocycles. The molecule has 0 aliphatic heterocycles. The normalized spacial score (nSPS) is 11.6. The number of sulfonamides is 1. The van der Waals surface area contributed by atoms with E-state index in [4.69, 9.17) is 16.3 Å². The third kappa shape index (κ3) is 6.07. The molecule has 7 nitrogen and oxygen atoms in total. The van der Waals surface area contributed by atoms with Crippen molar-refractivity contribution in [1.82, 2.24) is 15.0 Å². The van der Waals surface area contributed by atoms with Gasteiger partial charge >= 0.3 is 0 Å². The fourth-order valence-corrected chi connectivity index (χ4v) is 5.01. The number of ether oxygens (including phenoxy) is 1. The van der Waals surface area contributed by atoms with Crippen LogP contribution in [0.2, 0.25) is 5.02 Å². The number of halogens is 2. The Hall–Kier alpha value is -3.24. The summed E-state index contributed by atoms with van der Waals surface area (Å²) in [7, 11) is -3.78. The lowest BCUT2D eigenvalue weighted by atomic mass is 10.0. The van der Waals surface area contributed by atoms with Crippen molar-refractivity contribution >= 4 is 32.4 Å². The van der Waals surface area contributed by atoms with Gasteiger partial charge in [0.15, 0.2) is 0 Å². The number of nitrogens with zero attached hydrogens (tertiary/aromatic N) is 1. The number of nitrogens with one attached hydrogen (secondary N) is 2. The molecular formula is C25H23ClFN3O4S. The van der Waals surface area contributed by atoms with Crippen molar-refractivity contribution in [2.24, 2.45) is 0 Å². The first kappa shape index (κ1) is 24.9. The van der Waals surface area contributed by atoms with Gasteiger partial charge in [-0.2, -0.15) is 0 Å². The molecule has 1 heterocycles. The molecule has 0 fully saturated rings. The molecule has 182 valence electrons. The zero-order valence-electron chi connectivity index (χ0n) is 18.5. The second-order valence-electron chi connectivity index (χ2n) is 7.63. The average Bonchev–Trinajstić information content (AvgIpc) is 2.84. The zero-order valence-corrected chi connectivity index (χ0v) is 20.1. The van der Waals surface area contributed by atoms with E-state index in [1.807, 2.05) is 0 Å². The molecule has 0 amide bonds. The predicted molar refractivity (Wildman–Crippen MR) is 134 cm³/mol. The van der Waals surface area contributed by atoms with Gasteiger partial charge in [-0.05, 0) is 54.1 Å². The van der Waals surface area contributed by atoms with Gasteiger partial charge in [0, 0.05) is 47.2 Å². The molecule has 0 spiro atoms. The van der Waals surface area contributed by atoms with Crippen molar-refractivity contribution in [3.8, 4) is 22.8 Å². The van der Waals surface area contributed by atoms with E-state index in [2.05, 4.69) is 15.0 Å². The predicted octanol–water partition coefficient (Wildman–Crippen LogP) is 4.35. The van der Waals surface area contributed by atoms with Crippen molar-refractivity contribution in [3.05, 3.63) is 83.8 Å². The van der Waals surface area contributed by atoms with Crippen LogP contribution in [0.15, 0.2) is 77.8 Å². The molecule has 0 radical (unpaired) electrons. The summed E-state index contributed by atoms with van der Waals surface area (Å²) >= 11 is 6.12. The van der Waals surface area contributed by atoms with Crippen LogP contribution in [0.5, 0.6) is 11.6 Å². The van der Waals surface area contributed by atoms with Crippen LogP contribution in [-0.2, 0) is 10.0 Å². The fourth-order valence-electron chi connectivity index (χ4n) is 3.59. The number of benzene rings is 3. The van der Waals surface area contributed by atoms with Crippen molar-refractivity contribution in [2.75, 3.05) is 26.2 Å². The van der Waals surface area contributed by atoms with Crippen LogP contribution in [-0.4, -0.2) is 44.7 Å². The van der Waals surface area contributed by atoms with Crippen LogP contribution in [0, 0.1) is 5.82 Å². The van der Waals surface area contributed by atoms with E-state index in [-0.39, 0.29) is 23.1 Å². The van der Waals surface area contributed by atoms with Gasteiger partial charge in [-0.25, -0.2) is 22.5 Å². The topological polar surface area (TPSA) is 101 Å². The second kappa shape index (κ2) is 11.0. The quantitative estimate of drug-likeness (QED) is 0.272. The van der Waals surface area contributed by atoms with E-state index in [0.717, 1.165) is 11.1 Å². The van der Waals surface area contributed by atoms with Crippen molar-refractivity contribution < 1.29 is 22.7 Å². The molecule has 0 bridgehead atoms. The third-order valence-corrected chi connectivity index (χ3v) is 7.02. The Morgan fingerprint density at radius 2 is 1.77 bits per heavy atom. The molecule has 3 N–H and O–H groups in total. The summed E-state index contributed by atoms with van der Waals surface area (Å²) in [6.45, 7) is 1.35. The van der Waals surface area contributed by atoms with Crippen LogP contribution < -0.4 is 14.8 Å². The smallest absolute Gasteiger partial charge is 0.241 e. The number of fused-ring (bicyclic) bond motifs is 1. The molecule has 10 heteroatoms. The van der Waals surface area contributed by atoms with Crippen LogP contribution in [0.3, 0.4) is 0 Å². The highest BCUT2D eigenvalue weighted by Gasteiger charge is 2.18. The Morgan fingerprint density at radius 1 is 0.971 bits per heavy atom. The number of pyridine rings is 1. The molecule has 0 saturated carbocycles. The Balaban J connectivity index is 1.28. The van der Waals surface area contributed by atoms with E-state index >= 15 is 0 Å². The van der Waals surface area contributed by atoms with Gasteiger partial charge in [0.2, 0.25) is 15.9 Å². The Bertz CT molecular complexity index is 1430. The summed E-state index contributed by atoms with van der Waals surface area (Å²) in [6, 6.07) is 17.5. The molecule has 1 aromatic heterocycles. The van der Waals surface area contributed by atoms with Crippen molar-refractivity contribution in [2.45, 2.75) is 4.90 Å². The first-order valence-corrected chi connectivity index (χ1v) is 12.7. The molecule has 0 atom stereocenters. The minimum atomic E-state index is -3.78. The number of aromatic nitrogens is 1. The maximum absolute atomic E-state index is 13.3. The third-order valence-electron chi connectivity index (χ3n) is 5.26. The van der Waals surface area contributed by atoms with Crippen LogP contribution in [0.25, 0.3) is 21.9 Å². The largest absolute Gasteiger partial charge is 0.493 e. The van der Waals surface area contributed by atoms with Crippen LogP contribution in [0.4, 0.5) is 4.39 Å². The minimum Gasteiger partial charge on any atom is -0.493 e. The van der Waals surface area contributed by atoms with Gasteiger partial charge in [0.1, 0.15) is 18.2 Å². The van der Waals surface area contributed by atoms with E-state index in [1.54, 1.807) is 48.5 Å². The number of aromatic hydroxyl groups is 1. The second-order valence-corrected chi connectivity index (χ2v) is 9.80. The van der Waals surface area contributed by atoms with Crippen molar-refractivity contribution in [1.29, 1.82) is 0 Å². The van der Waals surface area contributed by atoms with Gasteiger partial charge in [-0.1, -0.05) is 29.8 Å². The Labute approximate surface area is 207 Å². The van der Waals surface area contributed by atoms with Crippen molar-refractivity contribution in [3.63, 3.8) is 0 Å². The Morgan fingerprint density at radius 3 is 2.57 bits per heavy atom. The lowest BCUT2D eigenvalue weighted by Crippen LogP contribution is -2.33. The summed E-state index contributed by atoms with van der Waals surface area (Å²) in [5, 5.41) is 14.3. The van der Waals surface area contributed by atoms with E-state index in [1.165, 1.54) is 24.4 Å². The summed E-state index contributed by atoms with van der Waals surface area (Å²) in [5.74, 6) is 0.0652. The van der Waals surface area contributed by atoms with E-state index in [0.29, 0.717) is 41.2 Å². The fraction of sp³-hybridized carbons (Fsp3) is 0.160. The standard InChI is InChI=1S/C25H23ClFN3O4S/c26-18-6-9-23(22(16-18)17-4-7-19(27)8-5-17)34-15-14-28-12-13-30-35(32,33)24-3-1-2-21-20(24)10-11-29-25(21)31/h1-11,16,28,30H,12-15H2,(H,29,31). The highest BCUT2D eigenvalue weighted by atomic mass is 35.5. The summed E-state index contributed by atoms with van der Waals surface area (Å²) in [6.07, 6.45) is 1.36. The van der Waals surface area contributed by atoms with Gasteiger partial charge in [0.05, 0.1) is 4.90 Å². The summed E-state index contributed by atoms with van der Waals surface area (Å²) in [5.41, 5.74) is 1.53. The molecule has 4 aromatic rings. The minimum absolute atomic E-state index is 0.0760. The summed E-state index contributed by atoms with van der Waals surface area (Å²) < 4.78 is 47.2. The lowest BCUT2D eigenvalue weighted by molar-refractivity contribution is 0.316. The number of hydrogen-bond donors (Lipinski definition) is 3. The summed E-state index contributed by atoms with van der Waals surface area (Å²) in [4.78, 5) is 3.86. The molecule has 0 aliphatic rings. The van der Waals surface area contributed by atoms with Crippen LogP contribution in [0.1, 0.15) is 0 Å². The highest BCUT2D eigenvalue weighted by molar-refractivity contribution is 7.89. The number of hydrogen-bond acceptors (Lipinski definition) is 6. The molecule has 4 rings (SSSR count). The van der Waals surface area contributed by atoms with Gasteiger partial charge in [0.25, 0.3) is 0 Å². The maximum Gasteiger partial charge on any atom is 0.241 e. The van der Waals surface area contributed by atoms with Gasteiger partial charge in [-0.3, -0.25) is 0 Å². The SMILES string of the molecule is O=S(=O)(NCCNCCOc1ccc(Cl)cc1-c1ccc(F)cc1)c1cccc2c(O)nccc12. The molecular weight excluding hydrogens is 493 g/mol. The molecule has 0 unspecified atom stereocenters. The average molecular weight is 516 g/mol. The number of rotatable bonds is 10. The lowest BCUT2D eigenvalue weighted by Gasteiger charge is -2.13. The Kier molecular flexibility index (Phi) is 7.82.